The Labute approximate surface area is 94.4 Å². The molecular weight excluding hydrogens is 184 g/mol. The fourth-order valence-corrected chi connectivity index (χ4v) is 2.67. The molecule has 2 heteroatoms. The average Bonchev–Trinajstić information content (AvgIpc) is 2.93. The first kappa shape index (κ1) is 11.4. The number of nitrogens with one attached hydrogen (secondary N) is 1. The number of hydrogen-bond donors (Lipinski definition) is 1. The van der Waals surface area contributed by atoms with E-state index in [2.05, 4.69) is 24.1 Å². The Kier molecular flexibility index (Phi) is 3.68. The molecule has 1 N–H and O–H groups in total. The second-order valence-corrected chi connectivity index (χ2v) is 5.84. The fourth-order valence-electron chi connectivity index (χ4n) is 2.67. The van der Waals surface area contributed by atoms with Crippen LogP contribution in [0.3, 0.4) is 0 Å². The van der Waals surface area contributed by atoms with Crippen molar-refractivity contribution in [2.24, 2.45) is 5.41 Å². The van der Waals surface area contributed by atoms with Crippen LogP contribution >= 0.6 is 0 Å². The highest BCUT2D eigenvalue weighted by molar-refractivity contribution is 4.92. The average molecular weight is 210 g/mol. The van der Waals surface area contributed by atoms with E-state index < -0.39 is 0 Å². The molecule has 2 aliphatic rings. The zero-order chi connectivity index (χ0) is 10.7. The van der Waals surface area contributed by atoms with Crippen LogP contribution in [0.5, 0.6) is 0 Å². The predicted octanol–water partition coefficient (Wildman–Crippen LogP) is 2.25. The molecule has 0 aromatic heterocycles. The highest BCUT2D eigenvalue weighted by atomic mass is 15.2. The zero-order valence-electron chi connectivity index (χ0n) is 10.4. The van der Waals surface area contributed by atoms with Crippen molar-refractivity contribution in [1.29, 1.82) is 0 Å². The molecule has 0 amide bonds. The maximum absolute atomic E-state index is 3.68. The third kappa shape index (κ3) is 3.46. The Balaban J connectivity index is 1.81. The first-order valence-electron chi connectivity index (χ1n) is 6.68. The highest BCUT2D eigenvalue weighted by Gasteiger charge is 2.39. The van der Waals surface area contributed by atoms with Gasteiger partial charge >= 0.3 is 0 Å². The van der Waals surface area contributed by atoms with E-state index in [0.717, 1.165) is 6.04 Å². The van der Waals surface area contributed by atoms with Crippen molar-refractivity contribution in [2.75, 3.05) is 26.2 Å². The Bertz CT molecular complexity index is 199. The molecule has 1 saturated carbocycles. The summed E-state index contributed by atoms with van der Waals surface area (Å²) in [5.41, 5.74) is 0.682. The Hall–Kier alpha value is -0.0800. The summed E-state index contributed by atoms with van der Waals surface area (Å²) in [6.45, 7) is 9.89. The standard InChI is InChI=1S/C13H26N2/c1-3-5-12-10-15(9-4-8-14-12)11-13(2)6-7-13/h12,14H,3-11H2,1-2H3. The van der Waals surface area contributed by atoms with Gasteiger partial charge in [0.1, 0.15) is 0 Å². The molecule has 88 valence electrons. The van der Waals surface area contributed by atoms with Crippen LogP contribution in [0.15, 0.2) is 0 Å². The van der Waals surface area contributed by atoms with E-state index in [1.165, 1.54) is 58.3 Å². The molecule has 1 heterocycles. The first-order chi connectivity index (χ1) is 7.22. The van der Waals surface area contributed by atoms with E-state index >= 15 is 0 Å². The van der Waals surface area contributed by atoms with E-state index in [1.807, 2.05) is 0 Å². The summed E-state index contributed by atoms with van der Waals surface area (Å²) in [6.07, 6.45) is 6.89. The summed E-state index contributed by atoms with van der Waals surface area (Å²) in [5, 5.41) is 3.68. The molecular formula is C13H26N2. The van der Waals surface area contributed by atoms with Gasteiger partial charge in [-0.3, -0.25) is 0 Å². The summed E-state index contributed by atoms with van der Waals surface area (Å²) < 4.78 is 0. The van der Waals surface area contributed by atoms with Gasteiger partial charge in [0.05, 0.1) is 0 Å². The summed E-state index contributed by atoms with van der Waals surface area (Å²) in [6, 6.07) is 0.750. The van der Waals surface area contributed by atoms with Crippen LogP contribution in [0, 0.1) is 5.41 Å². The lowest BCUT2D eigenvalue weighted by Gasteiger charge is -2.26. The summed E-state index contributed by atoms with van der Waals surface area (Å²) >= 11 is 0. The molecule has 0 spiro atoms. The topological polar surface area (TPSA) is 15.3 Å². The van der Waals surface area contributed by atoms with Gasteiger partial charge in [-0.25, -0.2) is 0 Å². The first-order valence-corrected chi connectivity index (χ1v) is 6.68. The van der Waals surface area contributed by atoms with Gasteiger partial charge in [0.15, 0.2) is 0 Å². The van der Waals surface area contributed by atoms with Crippen LogP contribution in [-0.2, 0) is 0 Å². The largest absolute Gasteiger partial charge is 0.313 e. The van der Waals surface area contributed by atoms with Crippen LogP contribution < -0.4 is 5.32 Å². The van der Waals surface area contributed by atoms with Gasteiger partial charge in [-0.2, -0.15) is 0 Å². The third-order valence-electron chi connectivity index (χ3n) is 3.91. The van der Waals surface area contributed by atoms with Crippen molar-refractivity contribution >= 4 is 0 Å². The van der Waals surface area contributed by atoms with E-state index in [-0.39, 0.29) is 0 Å². The normalized spacial score (nSPS) is 31.2. The lowest BCUT2D eigenvalue weighted by Crippen LogP contribution is -2.39. The zero-order valence-corrected chi connectivity index (χ0v) is 10.4. The van der Waals surface area contributed by atoms with Crippen LogP contribution in [0.25, 0.3) is 0 Å². The lowest BCUT2D eigenvalue weighted by atomic mass is 10.1. The highest BCUT2D eigenvalue weighted by Crippen LogP contribution is 2.45. The minimum absolute atomic E-state index is 0.682. The Morgan fingerprint density at radius 3 is 2.87 bits per heavy atom. The second-order valence-electron chi connectivity index (χ2n) is 5.84. The van der Waals surface area contributed by atoms with Gasteiger partial charge in [-0.1, -0.05) is 20.3 Å². The minimum Gasteiger partial charge on any atom is -0.313 e. The quantitative estimate of drug-likeness (QED) is 0.765. The molecule has 1 atom stereocenters. The fraction of sp³-hybridized carbons (Fsp3) is 1.00. The molecule has 0 aromatic carbocycles. The van der Waals surface area contributed by atoms with Crippen molar-refractivity contribution in [3.05, 3.63) is 0 Å². The number of nitrogens with zero attached hydrogens (tertiary/aromatic N) is 1. The van der Waals surface area contributed by atoms with Crippen molar-refractivity contribution in [3.8, 4) is 0 Å². The van der Waals surface area contributed by atoms with Gasteiger partial charge in [0, 0.05) is 19.1 Å². The van der Waals surface area contributed by atoms with E-state index in [1.54, 1.807) is 0 Å². The predicted molar refractivity (Wildman–Crippen MR) is 65.1 cm³/mol. The third-order valence-corrected chi connectivity index (χ3v) is 3.91. The van der Waals surface area contributed by atoms with Crippen LogP contribution in [0.2, 0.25) is 0 Å². The van der Waals surface area contributed by atoms with Crippen molar-refractivity contribution < 1.29 is 0 Å². The van der Waals surface area contributed by atoms with Gasteiger partial charge in [-0.15, -0.1) is 0 Å². The second kappa shape index (κ2) is 4.84. The lowest BCUT2D eigenvalue weighted by molar-refractivity contribution is 0.221. The summed E-state index contributed by atoms with van der Waals surface area (Å²) in [7, 11) is 0. The molecule has 0 radical (unpaired) electrons. The van der Waals surface area contributed by atoms with E-state index in [4.69, 9.17) is 0 Å². The summed E-state index contributed by atoms with van der Waals surface area (Å²) in [5.74, 6) is 0. The molecule has 0 aromatic rings. The molecule has 2 fully saturated rings. The molecule has 1 aliphatic carbocycles. The Morgan fingerprint density at radius 2 is 2.20 bits per heavy atom. The van der Waals surface area contributed by atoms with Crippen LogP contribution in [-0.4, -0.2) is 37.1 Å². The molecule has 1 aliphatic heterocycles. The maximum Gasteiger partial charge on any atom is 0.0194 e. The smallest absolute Gasteiger partial charge is 0.0194 e. The van der Waals surface area contributed by atoms with Gasteiger partial charge < -0.3 is 10.2 Å². The van der Waals surface area contributed by atoms with Crippen LogP contribution in [0.4, 0.5) is 0 Å². The molecule has 1 saturated heterocycles. The minimum atomic E-state index is 0.682. The van der Waals surface area contributed by atoms with Gasteiger partial charge in [0.25, 0.3) is 0 Å². The molecule has 1 unspecified atom stereocenters. The van der Waals surface area contributed by atoms with Crippen LogP contribution in [0.1, 0.15) is 46.0 Å². The van der Waals surface area contributed by atoms with Gasteiger partial charge in [-0.05, 0) is 44.2 Å². The molecule has 2 rings (SSSR count). The van der Waals surface area contributed by atoms with Gasteiger partial charge in [0.2, 0.25) is 0 Å². The van der Waals surface area contributed by atoms with Crippen molar-refractivity contribution in [2.45, 2.75) is 52.0 Å². The number of rotatable bonds is 4. The maximum atomic E-state index is 3.68. The van der Waals surface area contributed by atoms with E-state index in [9.17, 15) is 0 Å². The monoisotopic (exact) mass is 210 g/mol. The van der Waals surface area contributed by atoms with Crippen molar-refractivity contribution in [1.82, 2.24) is 10.2 Å². The van der Waals surface area contributed by atoms with E-state index in [0.29, 0.717) is 5.41 Å². The molecule has 15 heavy (non-hydrogen) atoms. The molecule has 0 bridgehead atoms. The molecule has 2 nitrogen and oxygen atoms in total. The Morgan fingerprint density at radius 1 is 1.40 bits per heavy atom. The number of hydrogen-bond acceptors (Lipinski definition) is 2. The summed E-state index contributed by atoms with van der Waals surface area (Å²) in [4.78, 5) is 2.70. The SMILES string of the molecule is CCCC1CN(CC2(C)CC2)CCCN1. The van der Waals surface area contributed by atoms with Crippen molar-refractivity contribution in [3.63, 3.8) is 0 Å².